The van der Waals surface area contributed by atoms with E-state index in [-0.39, 0.29) is 11.5 Å². The fraction of sp³-hybridized carbons (Fsp3) is 0.0769. The van der Waals surface area contributed by atoms with Crippen molar-refractivity contribution in [2.45, 2.75) is 13.8 Å². The van der Waals surface area contributed by atoms with Gasteiger partial charge < -0.3 is 14.9 Å². The number of aliphatic carboxylic acids is 1. The van der Waals surface area contributed by atoms with Gasteiger partial charge in [0.2, 0.25) is 5.78 Å². The molecular weight excluding hydrogens is 460 g/mol. The number of aryl methyl sites for hydroxylation is 2. The molecule has 0 saturated heterocycles. The van der Waals surface area contributed by atoms with Gasteiger partial charge in [-0.05, 0) is 79.1 Å². The van der Waals surface area contributed by atoms with E-state index in [2.05, 4.69) is 0 Å². The van der Waals surface area contributed by atoms with Crippen molar-refractivity contribution in [1.29, 1.82) is 0 Å². The van der Waals surface area contributed by atoms with Crippen LogP contribution < -0.4 is 4.74 Å². The molecule has 1 aromatic heterocycles. The van der Waals surface area contributed by atoms with Crippen LogP contribution in [0.25, 0.3) is 16.2 Å². The van der Waals surface area contributed by atoms with Gasteiger partial charge in [0.05, 0.1) is 0 Å². The zero-order valence-corrected chi connectivity index (χ0v) is 19.3. The molecule has 5 nitrogen and oxygen atoms in total. The van der Waals surface area contributed by atoms with Crippen molar-refractivity contribution in [2.75, 3.05) is 0 Å². The number of carbonyl (C=O) groups is 2. The van der Waals surface area contributed by atoms with E-state index in [0.717, 1.165) is 21.9 Å². The van der Waals surface area contributed by atoms with Crippen LogP contribution in [-0.2, 0) is 4.79 Å². The molecule has 4 rings (SSSR count). The zero-order chi connectivity index (χ0) is 23.7. The topological polar surface area (TPSA) is 83.8 Å². The number of phenolic OH excluding ortho intramolecular Hbond substituents is 1. The Morgan fingerprint density at radius 3 is 2.30 bits per heavy atom. The van der Waals surface area contributed by atoms with Gasteiger partial charge in [0.15, 0.2) is 5.75 Å². The Morgan fingerprint density at radius 1 is 1.00 bits per heavy atom. The average Bonchev–Trinajstić information content (AvgIpc) is 3.09. The van der Waals surface area contributed by atoms with Crippen molar-refractivity contribution in [3.05, 3.63) is 92.8 Å². The van der Waals surface area contributed by atoms with Crippen LogP contribution in [0.4, 0.5) is 0 Å². The highest BCUT2D eigenvalue weighted by atomic mass is 35.5. The van der Waals surface area contributed by atoms with E-state index in [1.54, 1.807) is 54.6 Å². The lowest BCUT2D eigenvalue weighted by atomic mass is 9.98. The summed E-state index contributed by atoms with van der Waals surface area (Å²) in [7, 11) is 0. The molecule has 0 aliphatic rings. The lowest BCUT2D eigenvalue weighted by Gasteiger charge is -2.11. The normalized spacial score (nSPS) is 11.2. The number of aromatic hydroxyl groups is 1. The Morgan fingerprint density at radius 2 is 1.67 bits per heavy atom. The molecule has 166 valence electrons. The Balaban J connectivity index is 1.79. The number of hydrogen-bond donors (Lipinski definition) is 2. The number of ether oxygens (including phenoxy) is 1. The lowest BCUT2D eigenvalue weighted by molar-refractivity contribution is -0.131. The van der Waals surface area contributed by atoms with Crippen molar-refractivity contribution >= 4 is 50.9 Å². The molecule has 1 heterocycles. The Labute approximate surface area is 199 Å². The summed E-state index contributed by atoms with van der Waals surface area (Å²) in [4.78, 5) is 24.8. The summed E-state index contributed by atoms with van der Waals surface area (Å²) in [6.45, 7) is 3.68. The van der Waals surface area contributed by atoms with E-state index in [1.807, 2.05) is 13.8 Å². The first kappa shape index (κ1) is 22.6. The number of halogens is 1. The maximum absolute atomic E-state index is 13.6. The van der Waals surface area contributed by atoms with E-state index in [1.165, 1.54) is 17.4 Å². The van der Waals surface area contributed by atoms with Crippen LogP contribution in [0.1, 0.15) is 31.9 Å². The molecule has 2 N–H and O–H groups in total. The molecule has 0 fully saturated rings. The number of carbonyl (C=O) groups excluding carboxylic acids is 1. The molecule has 4 aromatic rings. The Kier molecular flexibility index (Phi) is 6.22. The summed E-state index contributed by atoms with van der Waals surface area (Å²) in [5, 5.41) is 20.0. The van der Waals surface area contributed by atoms with Crippen molar-refractivity contribution < 1.29 is 24.5 Å². The summed E-state index contributed by atoms with van der Waals surface area (Å²) in [5.41, 5.74) is 2.80. The highest BCUT2D eigenvalue weighted by Crippen LogP contribution is 2.43. The number of hydrogen-bond acceptors (Lipinski definition) is 5. The van der Waals surface area contributed by atoms with Gasteiger partial charge in [-0.1, -0.05) is 23.7 Å². The van der Waals surface area contributed by atoms with Crippen molar-refractivity contribution in [1.82, 2.24) is 0 Å². The lowest BCUT2D eigenvalue weighted by Crippen LogP contribution is -2.06. The smallest absolute Gasteiger partial charge is 0.328 e. The Hall–Kier alpha value is -3.61. The minimum Gasteiger partial charge on any atom is -0.508 e. The molecule has 3 aromatic carbocycles. The first-order valence-corrected chi connectivity index (χ1v) is 11.2. The first-order chi connectivity index (χ1) is 15.7. The van der Waals surface area contributed by atoms with Gasteiger partial charge in [0.25, 0.3) is 0 Å². The minimum atomic E-state index is -1.03. The van der Waals surface area contributed by atoms with Crippen LogP contribution in [0.5, 0.6) is 17.2 Å². The SMILES string of the molecule is Cc1cc(Cl)cc(C)c1C(=O)c1sc2cc(O)ccc2c1Oc1ccc(/C=C/C(=O)O)cc1. The highest BCUT2D eigenvalue weighted by Gasteiger charge is 2.24. The summed E-state index contributed by atoms with van der Waals surface area (Å²) in [6.07, 6.45) is 2.54. The van der Waals surface area contributed by atoms with Crippen molar-refractivity contribution in [3.8, 4) is 17.2 Å². The molecule has 0 spiro atoms. The molecule has 7 heteroatoms. The maximum Gasteiger partial charge on any atom is 0.328 e. The number of carboxylic acid groups (broad SMARTS) is 1. The second kappa shape index (κ2) is 9.10. The molecular formula is C26H19ClO5S. The van der Waals surface area contributed by atoms with E-state index in [9.17, 15) is 14.7 Å². The number of ketones is 1. The molecule has 0 atom stereocenters. The third kappa shape index (κ3) is 4.77. The molecule has 0 radical (unpaired) electrons. The number of phenols is 1. The van der Waals surface area contributed by atoms with Crippen LogP contribution in [-0.4, -0.2) is 22.0 Å². The monoisotopic (exact) mass is 478 g/mol. The predicted octanol–water partition coefficient (Wildman–Crippen LogP) is 7.00. The number of benzene rings is 3. The molecule has 0 saturated carbocycles. The maximum atomic E-state index is 13.6. The fourth-order valence-electron chi connectivity index (χ4n) is 3.63. The van der Waals surface area contributed by atoms with E-state index < -0.39 is 5.97 Å². The molecule has 0 aliphatic heterocycles. The summed E-state index contributed by atoms with van der Waals surface area (Å²) < 4.78 is 6.89. The van der Waals surface area contributed by atoms with Gasteiger partial charge in [-0.3, -0.25) is 4.79 Å². The second-order valence-electron chi connectivity index (χ2n) is 7.53. The highest BCUT2D eigenvalue weighted by molar-refractivity contribution is 7.21. The largest absolute Gasteiger partial charge is 0.508 e. The first-order valence-electron chi connectivity index (χ1n) is 9.99. The van der Waals surface area contributed by atoms with Gasteiger partial charge in [0.1, 0.15) is 16.4 Å². The van der Waals surface area contributed by atoms with Gasteiger partial charge in [0, 0.05) is 26.7 Å². The third-order valence-corrected chi connectivity index (χ3v) is 6.43. The van der Waals surface area contributed by atoms with Crippen LogP contribution in [0.3, 0.4) is 0 Å². The molecule has 0 aliphatic carbocycles. The number of carboxylic acids is 1. The van der Waals surface area contributed by atoms with Crippen LogP contribution >= 0.6 is 22.9 Å². The van der Waals surface area contributed by atoms with Crippen molar-refractivity contribution in [2.24, 2.45) is 0 Å². The standard InChI is InChI=1S/C26H19ClO5S/c1-14-11-17(27)12-15(2)23(14)24(31)26-25(20-9-6-18(28)13-21(20)33-26)32-19-7-3-16(4-8-19)5-10-22(29)30/h3-13,28H,1-2H3,(H,29,30)/b10-5+. The van der Waals surface area contributed by atoms with Crippen molar-refractivity contribution in [3.63, 3.8) is 0 Å². The zero-order valence-electron chi connectivity index (χ0n) is 17.8. The van der Waals surface area contributed by atoms with Gasteiger partial charge >= 0.3 is 5.97 Å². The molecule has 0 bridgehead atoms. The summed E-state index contributed by atoms with van der Waals surface area (Å²) in [5.74, 6) is -0.211. The molecule has 0 amide bonds. The Bertz CT molecular complexity index is 1390. The quantitative estimate of drug-likeness (QED) is 0.230. The number of thiophene rings is 1. The third-order valence-electron chi connectivity index (χ3n) is 5.08. The number of rotatable bonds is 6. The van der Waals surface area contributed by atoms with Gasteiger partial charge in [-0.15, -0.1) is 11.3 Å². The second-order valence-corrected chi connectivity index (χ2v) is 9.02. The molecule has 33 heavy (non-hydrogen) atoms. The van der Waals surface area contributed by atoms with Gasteiger partial charge in [-0.25, -0.2) is 4.79 Å². The van der Waals surface area contributed by atoms with E-state index >= 15 is 0 Å². The van der Waals surface area contributed by atoms with E-state index in [4.69, 9.17) is 21.4 Å². The average molecular weight is 479 g/mol. The van der Waals surface area contributed by atoms with E-state index in [0.29, 0.717) is 37.9 Å². The van der Waals surface area contributed by atoms with Crippen LogP contribution in [0, 0.1) is 13.8 Å². The molecule has 0 unspecified atom stereocenters. The summed E-state index contributed by atoms with van der Waals surface area (Å²) >= 11 is 7.40. The van der Waals surface area contributed by atoms with Crippen LogP contribution in [0.15, 0.2) is 60.7 Å². The van der Waals surface area contributed by atoms with Crippen LogP contribution in [0.2, 0.25) is 5.02 Å². The summed E-state index contributed by atoms with van der Waals surface area (Å²) in [6, 6.07) is 15.2. The fourth-order valence-corrected chi connectivity index (χ4v) is 5.06. The predicted molar refractivity (Wildman–Crippen MR) is 131 cm³/mol. The minimum absolute atomic E-state index is 0.0997. The number of fused-ring (bicyclic) bond motifs is 1. The van der Waals surface area contributed by atoms with Gasteiger partial charge in [-0.2, -0.15) is 0 Å².